The topological polar surface area (TPSA) is 81.9 Å². The summed E-state index contributed by atoms with van der Waals surface area (Å²) >= 11 is 0. The van der Waals surface area contributed by atoms with Crippen LogP contribution in [0.1, 0.15) is 34.6 Å². The molecule has 0 aromatic carbocycles. The Hall–Kier alpha value is -2.00. The van der Waals surface area contributed by atoms with Crippen molar-refractivity contribution in [2.45, 2.75) is 32.7 Å². The maximum absolute atomic E-state index is 12.2. The summed E-state index contributed by atoms with van der Waals surface area (Å²) in [6.07, 6.45) is 1.76. The maximum Gasteiger partial charge on any atom is 0.253 e. The third-order valence-corrected chi connectivity index (χ3v) is 3.56. The number of likely N-dealkylation sites (tertiary alicyclic amines) is 1. The zero-order chi connectivity index (χ0) is 14.5. The van der Waals surface area contributed by atoms with Crippen LogP contribution in [0.5, 0.6) is 0 Å². The number of amides is 1. The highest BCUT2D eigenvalue weighted by atomic mass is 16.1. The quantitative estimate of drug-likeness (QED) is 0.824. The lowest BCUT2D eigenvalue weighted by molar-refractivity contribution is 0.0913. The van der Waals surface area contributed by atoms with E-state index in [1.54, 1.807) is 13.0 Å². The third kappa shape index (κ3) is 3.52. The van der Waals surface area contributed by atoms with Crippen molar-refractivity contribution in [2.75, 3.05) is 19.6 Å². The first-order valence-electron chi connectivity index (χ1n) is 6.81. The van der Waals surface area contributed by atoms with Crippen LogP contribution in [0.2, 0.25) is 0 Å². The Morgan fingerprint density at radius 2 is 2.15 bits per heavy atom. The molecular formula is C14H19N5O. The number of carbonyl (C=O) groups is 1. The van der Waals surface area contributed by atoms with Gasteiger partial charge in [-0.25, -0.2) is 0 Å². The van der Waals surface area contributed by atoms with Gasteiger partial charge in [0.05, 0.1) is 29.6 Å². The number of hydrogen-bond donors (Lipinski definition) is 1. The molecule has 2 heterocycles. The lowest BCUT2D eigenvalue weighted by Crippen LogP contribution is -2.44. The predicted molar refractivity (Wildman–Crippen MR) is 74.0 cm³/mol. The summed E-state index contributed by atoms with van der Waals surface area (Å²) in [5, 5.41) is 19.6. The monoisotopic (exact) mass is 273 g/mol. The van der Waals surface area contributed by atoms with Crippen molar-refractivity contribution < 1.29 is 4.79 Å². The fourth-order valence-corrected chi connectivity index (χ4v) is 2.38. The van der Waals surface area contributed by atoms with Crippen LogP contribution < -0.4 is 5.32 Å². The van der Waals surface area contributed by atoms with E-state index in [4.69, 9.17) is 5.26 Å². The van der Waals surface area contributed by atoms with E-state index in [9.17, 15) is 4.79 Å². The van der Waals surface area contributed by atoms with Gasteiger partial charge < -0.3 is 5.32 Å². The average molecular weight is 273 g/mol. The Balaban J connectivity index is 1.93. The van der Waals surface area contributed by atoms with Gasteiger partial charge in [-0.1, -0.05) is 0 Å². The van der Waals surface area contributed by atoms with E-state index in [2.05, 4.69) is 26.5 Å². The number of rotatable bonds is 3. The average Bonchev–Trinajstić information content (AvgIpc) is 2.44. The molecule has 1 aromatic heterocycles. The molecule has 1 fully saturated rings. The van der Waals surface area contributed by atoms with Gasteiger partial charge in [-0.3, -0.25) is 9.69 Å². The van der Waals surface area contributed by atoms with E-state index in [1.807, 2.05) is 6.92 Å². The van der Waals surface area contributed by atoms with Crippen molar-refractivity contribution in [1.29, 1.82) is 5.26 Å². The highest BCUT2D eigenvalue weighted by molar-refractivity contribution is 5.95. The molecule has 1 saturated heterocycles. The molecule has 6 nitrogen and oxygen atoms in total. The van der Waals surface area contributed by atoms with Crippen LogP contribution in [0.25, 0.3) is 0 Å². The normalized spacial score (nSPS) is 16.6. The van der Waals surface area contributed by atoms with Gasteiger partial charge in [0.25, 0.3) is 5.91 Å². The Morgan fingerprint density at radius 3 is 2.80 bits per heavy atom. The Bertz CT molecular complexity index is 529. The summed E-state index contributed by atoms with van der Waals surface area (Å²) in [7, 11) is 0. The summed E-state index contributed by atoms with van der Waals surface area (Å²) in [5.41, 5.74) is 1.98. The van der Waals surface area contributed by atoms with Crippen LogP contribution in [0.15, 0.2) is 6.07 Å². The fourth-order valence-electron chi connectivity index (χ4n) is 2.38. The van der Waals surface area contributed by atoms with E-state index < -0.39 is 0 Å². The van der Waals surface area contributed by atoms with Gasteiger partial charge >= 0.3 is 0 Å². The molecule has 1 N–H and O–H groups in total. The van der Waals surface area contributed by atoms with Crippen molar-refractivity contribution in [3.63, 3.8) is 0 Å². The second-order valence-corrected chi connectivity index (χ2v) is 5.17. The van der Waals surface area contributed by atoms with E-state index >= 15 is 0 Å². The van der Waals surface area contributed by atoms with Crippen LogP contribution in [-0.4, -0.2) is 46.7 Å². The lowest BCUT2D eigenvalue weighted by atomic mass is 10.0. The van der Waals surface area contributed by atoms with Crippen molar-refractivity contribution in [3.8, 4) is 6.07 Å². The van der Waals surface area contributed by atoms with Crippen LogP contribution in [0.3, 0.4) is 0 Å². The van der Waals surface area contributed by atoms with Gasteiger partial charge in [0.15, 0.2) is 0 Å². The largest absolute Gasteiger partial charge is 0.349 e. The molecular weight excluding hydrogens is 254 g/mol. The van der Waals surface area contributed by atoms with Gasteiger partial charge in [-0.15, -0.1) is 0 Å². The molecule has 0 unspecified atom stereocenters. The molecule has 0 aliphatic carbocycles. The van der Waals surface area contributed by atoms with E-state index in [1.165, 1.54) is 0 Å². The van der Waals surface area contributed by atoms with Gasteiger partial charge in [0.1, 0.15) is 0 Å². The fraction of sp³-hybridized carbons (Fsp3) is 0.571. The number of aryl methyl sites for hydroxylation is 2. The van der Waals surface area contributed by atoms with Crippen LogP contribution in [0, 0.1) is 25.2 Å². The summed E-state index contributed by atoms with van der Waals surface area (Å²) in [6.45, 7) is 5.78. The molecule has 0 saturated carbocycles. The molecule has 2 rings (SSSR count). The predicted octanol–water partition coefficient (Wildman–Crippen LogP) is 0.811. The lowest BCUT2D eigenvalue weighted by Gasteiger charge is -2.30. The third-order valence-electron chi connectivity index (χ3n) is 3.56. The number of aromatic nitrogens is 2. The van der Waals surface area contributed by atoms with E-state index in [0.717, 1.165) is 31.6 Å². The molecule has 0 radical (unpaired) electrons. The number of nitrogens with zero attached hydrogens (tertiary/aromatic N) is 4. The number of carbonyl (C=O) groups excluding carboxylic acids is 1. The van der Waals surface area contributed by atoms with Crippen LogP contribution in [0.4, 0.5) is 0 Å². The summed E-state index contributed by atoms with van der Waals surface area (Å²) in [6, 6.07) is 4.09. The molecule has 6 heteroatoms. The van der Waals surface area contributed by atoms with Gasteiger partial charge in [-0.05, 0) is 32.8 Å². The highest BCUT2D eigenvalue weighted by Gasteiger charge is 2.21. The zero-order valence-corrected chi connectivity index (χ0v) is 11.9. The summed E-state index contributed by atoms with van der Waals surface area (Å²) < 4.78 is 0. The summed E-state index contributed by atoms with van der Waals surface area (Å²) in [4.78, 5) is 14.4. The van der Waals surface area contributed by atoms with Crippen molar-refractivity contribution in [1.82, 2.24) is 20.4 Å². The van der Waals surface area contributed by atoms with Crippen molar-refractivity contribution in [2.24, 2.45) is 0 Å². The van der Waals surface area contributed by atoms with E-state index in [-0.39, 0.29) is 11.9 Å². The molecule has 1 amide bonds. The second kappa shape index (κ2) is 6.44. The first-order chi connectivity index (χ1) is 9.60. The molecule has 1 aliphatic rings. The number of piperidine rings is 1. The van der Waals surface area contributed by atoms with Crippen molar-refractivity contribution >= 4 is 5.91 Å². The molecule has 20 heavy (non-hydrogen) atoms. The standard InChI is InChI=1S/C14H19N5O/c1-10-9-13(11(2)18-17-10)14(20)16-12-3-6-19(7-4-12)8-5-15/h9,12H,3-4,6-8H2,1-2H3,(H,16,20). The van der Waals surface area contributed by atoms with Crippen molar-refractivity contribution in [3.05, 3.63) is 23.0 Å². The van der Waals surface area contributed by atoms with Gasteiger partial charge in [0, 0.05) is 19.1 Å². The number of nitriles is 1. The van der Waals surface area contributed by atoms with Gasteiger partial charge in [-0.2, -0.15) is 15.5 Å². The minimum Gasteiger partial charge on any atom is -0.349 e. The number of nitrogens with one attached hydrogen (secondary N) is 1. The van der Waals surface area contributed by atoms with Crippen LogP contribution >= 0.6 is 0 Å². The SMILES string of the molecule is Cc1cc(C(=O)NC2CCN(CC#N)CC2)c(C)nn1. The zero-order valence-electron chi connectivity index (χ0n) is 11.9. The van der Waals surface area contributed by atoms with Crippen LogP contribution in [-0.2, 0) is 0 Å². The molecule has 0 bridgehead atoms. The highest BCUT2D eigenvalue weighted by Crippen LogP contribution is 2.12. The first-order valence-corrected chi connectivity index (χ1v) is 6.81. The minimum atomic E-state index is -0.0840. The smallest absolute Gasteiger partial charge is 0.253 e. The number of hydrogen-bond acceptors (Lipinski definition) is 5. The Kier molecular flexibility index (Phi) is 4.64. The van der Waals surface area contributed by atoms with Gasteiger partial charge in [0.2, 0.25) is 0 Å². The molecule has 1 aliphatic heterocycles. The van der Waals surface area contributed by atoms with E-state index in [0.29, 0.717) is 17.8 Å². The molecule has 0 spiro atoms. The maximum atomic E-state index is 12.2. The Morgan fingerprint density at radius 1 is 1.45 bits per heavy atom. The molecule has 106 valence electrons. The first kappa shape index (κ1) is 14.4. The Labute approximate surface area is 118 Å². The minimum absolute atomic E-state index is 0.0840. The molecule has 0 atom stereocenters. The summed E-state index contributed by atoms with van der Waals surface area (Å²) in [5.74, 6) is -0.0840. The molecule has 1 aromatic rings. The second-order valence-electron chi connectivity index (χ2n) is 5.17.